The number of Topliss-reactive ketones (excluding diaryl/α,β-unsaturated/α-hetero) is 2. The summed E-state index contributed by atoms with van der Waals surface area (Å²) in [5, 5.41) is 10.2. The molecule has 0 radical (unpaired) electrons. The minimum atomic E-state index is -0.451. The second-order valence-corrected chi connectivity index (χ2v) is 7.48. The van der Waals surface area contributed by atoms with Crippen molar-refractivity contribution in [2.24, 2.45) is 0 Å². The van der Waals surface area contributed by atoms with Gasteiger partial charge in [-0.25, -0.2) is 4.39 Å². The van der Waals surface area contributed by atoms with E-state index in [0.29, 0.717) is 5.75 Å². The quantitative estimate of drug-likeness (QED) is 0.507. The molecule has 0 spiro atoms. The number of rotatable bonds is 6. The summed E-state index contributed by atoms with van der Waals surface area (Å²) in [6.07, 6.45) is 2.41. The summed E-state index contributed by atoms with van der Waals surface area (Å²) in [5.74, 6) is -0.972. The Kier molecular flexibility index (Phi) is 6.19. The van der Waals surface area contributed by atoms with Crippen LogP contribution in [0.15, 0.2) is 58.7 Å². The molecular weight excluding hydrogens is 379 g/mol. The molecule has 1 N–H and O–H groups in total. The smallest absolute Gasteiger partial charge is 0.170 e. The molecule has 0 amide bonds. The Hall–Kier alpha value is -2.60. The van der Waals surface area contributed by atoms with Crippen LogP contribution in [-0.4, -0.2) is 22.9 Å². The number of ketones is 2. The lowest BCUT2D eigenvalue weighted by molar-refractivity contribution is -0.122. The van der Waals surface area contributed by atoms with E-state index in [2.05, 4.69) is 0 Å². The summed E-state index contributed by atoms with van der Waals surface area (Å²) in [4.78, 5) is 25.0. The largest absolute Gasteiger partial charge is 0.511 e. The molecule has 6 heteroatoms. The molecule has 0 fully saturated rings. The van der Waals surface area contributed by atoms with E-state index in [1.54, 1.807) is 37.3 Å². The lowest BCUT2D eigenvalue weighted by Crippen LogP contribution is -2.23. The third-order valence-corrected chi connectivity index (χ3v) is 5.46. The van der Waals surface area contributed by atoms with E-state index in [0.717, 1.165) is 10.5 Å². The van der Waals surface area contributed by atoms with Gasteiger partial charge in [-0.15, -0.1) is 11.8 Å². The zero-order chi connectivity index (χ0) is 20.3. The Labute approximate surface area is 167 Å². The first-order chi connectivity index (χ1) is 13.4. The van der Waals surface area contributed by atoms with Gasteiger partial charge >= 0.3 is 0 Å². The van der Waals surface area contributed by atoms with Crippen LogP contribution in [0.4, 0.5) is 4.39 Å². The first-order valence-electron chi connectivity index (χ1n) is 9.02. The zero-order valence-corrected chi connectivity index (χ0v) is 16.5. The van der Waals surface area contributed by atoms with Crippen molar-refractivity contribution >= 4 is 23.3 Å². The maximum Gasteiger partial charge on any atom is 0.170 e. The molecule has 28 heavy (non-hydrogen) atoms. The van der Waals surface area contributed by atoms with Crippen molar-refractivity contribution in [3.05, 3.63) is 65.2 Å². The van der Waals surface area contributed by atoms with Crippen molar-refractivity contribution in [3.63, 3.8) is 0 Å². The number of ether oxygens (including phenoxy) is 1. The molecule has 1 aliphatic carbocycles. The van der Waals surface area contributed by atoms with Gasteiger partial charge in [-0.2, -0.15) is 0 Å². The van der Waals surface area contributed by atoms with Gasteiger partial charge < -0.3 is 9.84 Å². The molecular formula is C22H21FO4S. The standard InChI is InChI=1S/C22H21FO4S/c1-3-18(24)22-19(25)10-14(11-20(22)26)13-5-4-6-15(9-13)27-21-8-7-16(28-2)12-17(21)23/h4-9,12,14,25H,3,10-11H2,1-2H3. The highest BCUT2D eigenvalue weighted by Crippen LogP contribution is 2.36. The molecule has 0 aromatic heterocycles. The van der Waals surface area contributed by atoms with Gasteiger partial charge in [0.05, 0.1) is 5.57 Å². The first kappa shape index (κ1) is 20.1. The van der Waals surface area contributed by atoms with Crippen molar-refractivity contribution in [1.29, 1.82) is 0 Å². The van der Waals surface area contributed by atoms with E-state index in [1.807, 2.05) is 12.3 Å². The summed E-state index contributed by atoms with van der Waals surface area (Å²) in [7, 11) is 0. The minimum Gasteiger partial charge on any atom is -0.511 e. The summed E-state index contributed by atoms with van der Waals surface area (Å²) < 4.78 is 19.9. The summed E-state index contributed by atoms with van der Waals surface area (Å²) >= 11 is 1.44. The Morgan fingerprint density at radius 2 is 2.04 bits per heavy atom. The number of halogens is 1. The average molecular weight is 400 g/mol. The molecule has 0 aliphatic heterocycles. The Balaban J connectivity index is 1.82. The van der Waals surface area contributed by atoms with Crippen LogP contribution in [0.3, 0.4) is 0 Å². The minimum absolute atomic E-state index is 0.0675. The number of aliphatic hydroxyl groups is 1. The molecule has 1 aliphatic rings. The second-order valence-electron chi connectivity index (χ2n) is 6.60. The van der Waals surface area contributed by atoms with E-state index in [4.69, 9.17) is 4.74 Å². The molecule has 146 valence electrons. The molecule has 2 aromatic carbocycles. The lowest BCUT2D eigenvalue weighted by Gasteiger charge is -2.23. The van der Waals surface area contributed by atoms with Crippen LogP contribution < -0.4 is 4.74 Å². The highest BCUT2D eigenvalue weighted by Gasteiger charge is 2.31. The van der Waals surface area contributed by atoms with E-state index < -0.39 is 5.82 Å². The number of hydrogen-bond acceptors (Lipinski definition) is 5. The van der Waals surface area contributed by atoms with Crippen molar-refractivity contribution in [1.82, 2.24) is 0 Å². The highest BCUT2D eigenvalue weighted by atomic mass is 32.2. The molecule has 4 nitrogen and oxygen atoms in total. The van der Waals surface area contributed by atoms with Crippen LogP contribution in [-0.2, 0) is 9.59 Å². The maximum atomic E-state index is 14.2. The normalized spacial score (nSPS) is 17.0. The number of thioether (sulfide) groups is 1. The highest BCUT2D eigenvalue weighted by molar-refractivity contribution is 7.98. The van der Waals surface area contributed by atoms with Gasteiger partial charge in [-0.1, -0.05) is 19.1 Å². The third-order valence-electron chi connectivity index (χ3n) is 4.74. The first-order valence-corrected chi connectivity index (χ1v) is 10.2. The SMILES string of the molecule is CCC(=O)C1=C(O)CC(c2cccc(Oc3ccc(SC)cc3F)c2)CC1=O. The monoisotopic (exact) mass is 400 g/mol. The van der Waals surface area contributed by atoms with Crippen LogP contribution in [0.2, 0.25) is 0 Å². The van der Waals surface area contributed by atoms with E-state index in [9.17, 15) is 19.1 Å². The predicted molar refractivity (Wildman–Crippen MR) is 107 cm³/mol. The molecule has 1 unspecified atom stereocenters. The van der Waals surface area contributed by atoms with Crippen LogP contribution in [0.1, 0.15) is 37.7 Å². The van der Waals surface area contributed by atoms with Crippen molar-refractivity contribution < 1.29 is 23.8 Å². The Bertz CT molecular complexity index is 951. The maximum absolute atomic E-state index is 14.2. The second kappa shape index (κ2) is 8.61. The number of aliphatic hydroxyl groups excluding tert-OH is 1. The van der Waals surface area contributed by atoms with Crippen LogP contribution in [0.25, 0.3) is 0 Å². The van der Waals surface area contributed by atoms with Gasteiger partial charge in [0.1, 0.15) is 11.5 Å². The van der Waals surface area contributed by atoms with Gasteiger partial charge in [0.15, 0.2) is 23.1 Å². The fourth-order valence-corrected chi connectivity index (χ4v) is 3.70. The molecule has 0 saturated carbocycles. The van der Waals surface area contributed by atoms with Crippen molar-refractivity contribution in [3.8, 4) is 11.5 Å². The molecule has 2 aromatic rings. The summed E-state index contributed by atoms with van der Waals surface area (Å²) in [6, 6.07) is 11.8. The van der Waals surface area contributed by atoms with Gasteiger partial charge in [-0.3, -0.25) is 9.59 Å². The van der Waals surface area contributed by atoms with Gasteiger partial charge in [0.2, 0.25) is 0 Å². The van der Waals surface area contributed by atoms with E-state index in [-0.39, 0.29) is 53.8 Å². The van der Waals surface area contributed by atoms with Crippen LogP contribution in [0, 0.1) is 5.82 Å². The number of benzene rings is 2. The van der Waals surface area contributed by atoms with Crippen LogP contribution >= 0.6 is 11.8 Å². The van der Waals surface area contributed by atoms with Crippen LogP contribution in [0.5, 0.6) is 11.5 Å². The van der Waals surface area contributed by atoms with Crippen molar-refractivity contribution in [2.45, 2.75) is 37.0 Å². The fraction of sp³-hybridized carbons (Fsp3) is 0.273. The molecule has 0 heterocycles. The van der Waals surface area contributed by atoms with E-state index >= 15 is 0 Å². The number of carbonyl (C=O) groups excluding carboxylic acids is 2. The topological polar surface area (TPSA) is 63.6 Å². The molecule has 3 rings (SSSR count). The molecule has 0 bridgehead atoms. The summed E-state index contributed by atoms with van der Waals surface area (Å²) in [6.45, 7) is 1.66. The molecule has 0 saturated heterocycles. The average Bonchev–Trinajstić information content (AvgIpc) is 2.69. The Morgan fingerprint density at radius 1 is 1.25 bits per heavy atom. The molecule has 1 atom stereocenters. The van der Waals surface area contributed by atoms with Gasteiger partial charge in [0, 0.05) is 24.2 Å². The third kappa shape index (κ3) is 4.28. The van der Waals surface area contributed by atoms with E-state index in [1.165, 1.54) is 17.8 Å². The lowest BCUT2D eigenvalue weighted by atomic mass is 9.81. The zero-order valence-electron chi connectivity index (χ0n) is 15.7. The predicted octanol–water partition coefficient (Wildman–Crippen LogP) is 5.58. The van der Waals surface area contributed by atoms with Gasteiger partial charge in [0.25, 0.3) is 0 Å². The number of carbonyl (C=O) groups is 2. The fourth-order valence-electron chi connectivity index (χ4n) is 3.27. The number of allylic oxidation sites excluding steroid dienone is 2. The van der Waals surface area contributed by atoms with Crippen molar-refractivity contribution in [2.75, 3.05) is 6.26 Å². The number of hydrogen-bond donors (Lipinski definition) is 1. The Morgan fingerprint density at radius 3 is 2.68 bits per heavy atom. The summed E-state index contributed by atoms with van der Waals surface area (Å²) in [5.41, 5.74) is 0.726. The van der Waals surface area contributed by atoms with Gasteiger partial charge in [-0.05, 0) is 48.1 Å².